The number of rotatable bonds is 43. The maximum Gasteiger partial charge on any atom is 0.306 e. The molecule has 1 atom stereocenters. The summed E-state index contributed by atoms with van der Waals surface area (Å²) in [5.41, 5.74) is 0. The Labute approximate surface area is 342 Å². The maximum absolute atomic E-state index is 12.7. The zero-order valence-electron chi connectivity index (χ0n) is 37.6. The average Bonchev–Trinajstić information content (AvgIpc) is 3.15. The quantitative estimate of drug-likeness (QED) is 0.0348. The number of ether oxygens (including phenoxy) is 3. The first-order valence-electron chi connectivity index (χ1n) is 24.2. The molecule has 0 radical (unpaired) electrons. The molecule has 0 amide bonds. The normalized spacial score (nSPS) is 12.1. The Morgan fingerprint density at radius 2 is 0.600 bits per heavy atom. The zero-order valence-corrected chi connectivity index (χ0v) is 37.6. The molecular formula is C49H94O6. The predicted molar refractivity (Wildman–Crippen MR) is 233 cm³/mol. The Morgan fingerprint density at radius 3 is 0.891 bits per heavy atom. The van der Waals surface area contributed by atoms with Gasteiger partial charge in [-0.25, -0.2) is 0 Å². The van der Waals surface area contributed by atoms with Crippen molar-refractivity contribution in [2.45, 2.75) is 272 Å². The second kappa shape index (κ2) is 42.0. The summed E-state index contributed by atoms with van der Waals surface area (Å²) in [6, 6.07) is 0. The third-order valence-electron chi connectivity index (χ3n) is 11.0. The van der Waals surface area contributed by atoms with E-state index >= 15 is 0 Å². The van der Waals surface area contributed by atoms with Crippen molar-refractivity contribution in [3.05, 3.63) is 0 Å². The summed E-state index contributed by atoms with van der Waals surface area (Å²) in [6.45, 7) is 11.3. The van der Waals surface area contributed by atoms with Gasteiger partial charge in [-0.15, -0.1) is 0 Å². The van der Waals surface area contributed by atoms with E-state index in [0.29, 0.717) is 19.3 Å². The van der Waals surface area contributed by atoms with Gasteiger partial charge in [0.05, 0.1) is 0 Å². The van der Waals surface area contributed by atoms with Gasteiger partial charge in [0.1, 0.15) is 13.2 Å². The van der Waals surface area contributed by atoms with E-state index in [2.05, 4.69) is 34.6 Å². The molecule has 0 saturated heterocycles. The largest absolute Gasteiger partial charge is 0.462 e. The summed E-state index contributed by atoms with van der Waals surface area (Å²) >= 11 is 0. The molecule has 0 saturated carbocycles. The highest BCUT2D eigenvalue weighted by Crippen LogP contribution is 2.17. The summed E-state index contributed by atoms with van der Waals surface area (Å²) in [5, 5.41) is 0. The van der Waals surface area contributed by atoms with Crippen LogP contribution < -0.4 is 0 Å². The van der Waals surface area contributed by atoms with Gasteiger partial charge in [-0.1, -0.05) is 227 Å². The van der Waals surface area contributed by atoms with Crippen LogP contribution >= 0.6 is 0 Å². The molecule has 0 aromatic carbocycles. The highest BCUT2D eigenvalue weighted by molar-refractivity contribution is 5.71. The van der Waals surface area contributed by atoms with Crippen molar-refractivity contribution in [2.24, 2.45) is 11.8 Å². The molecule has 0 aliphatic rings. The minimum absolute atomic E-state index is 0.0653. The van der Waals surface area contributed by atoms with Gasteiger partial charge in [-0.05, 0) is 31.1 Å². The number of unbranched alkanes of at least 4 members (excludes halogenated alkanes) is 28. The molecule has 0 heterocycles. The third-order valence-corrected chi connectivity index (χ3v) is 11.0. The first-order chi connectivity index (χ1) is 26.7. The molecule has 0 aromatic heterocycles. The van der Waals surface area contributed by atoms with Crippen LogP contribution in [0.15, 0.2) is 0 Å². The summed E-state index contributed by atoms with van der Waals surface area (Å²) in [5.74, 6) is 0.755. The molecule has 0 aromatic rings. The van der Waals surface area contributed by atoms with Gasteiger partial charge < -0.3 is 14.2 Å². The molecule has 326 valence electrons. The van der Waals surface area contributed by atoms with Crippen LogP contribution in [0, 0.1) is 11.8 Å². The predicted octanol–water partition coefficient (Wildman–Crippen LogP) is 15.4. The Morgan fingerprint density at radius 1 is 0.345 bits per heavy atom. The first-order valence-corrected chi connectivity index (χ1v) is 24.2. The van der Waals surface area contributed by atoms with Crippen LogP contribution in [0.4, 0.5) is 0 Å². The van der Waals surface area contributed by atoms with Crippen molar-refractivity contribution in [3.8, 4) is 0 Å². The highest BCUT2D eigenvalue weighted by Gasteiger charge is 2.19. The Kier molecular flexibility index (Phi) is 40.8. The zero-order chi connectivity index (χ0) is 40.5. The van der Waals surface area contributed by atoms with Gasteiger partial charge in [-0.3, -0.25) is 14.4 Å². The lowest BCUT2D eigenvalue weighted by molar-refractivity contribution is -0.167. The van der Waals surface area contributed by atoms with Crippen molar-refractivity contribution in [2.75, 3.05) is 13.2 Å². The van der Waals surface area contributed by atoms with Crippen LogP contribution in [0.5, 0.6) is 0 Å². The van der Waals surface area contributed by atoms with E-state index in [1.807, 2.05) is 0 Å². The number of esters is 3. The van der Waals surface area contributed by atoms with Crippen LogP contribution in [0.25, 0.3) is 0 Å². The smallest absolute Gasteiger partial charge is 0.306 e. The van der Waals surface area contributed by atoms with E-state index in [9.17, 15) is 14.4 Å². The lowest BCUT2D eigenvalue weighted by atomic mass is 10.0. The van der Waals surface area contributed by atoms with Gasteiger partial charge in [0, 0.05) is 19.3 Å². The first kappa shape index (κ1) is 53.4. The average molecular weight is 779 g/mol. The number of carbonyl (C=O) groups is 3. The van der Waals surface area contributed by atoms with Gasteiger partial charge in [-0.2, -0.15) is 0 Å². The van der Waals surface area contributed by atoms with Crippen LogP contribution in [0.2, 0.25) is 0 Å². The third kappa shape index (κ3) is 43.4. The molecule has 0 rings (SSSR count). The van der Waals surface area contributed by atoms with Gasteiger partial charge in [0.15, 0.2) is 6.10 Å². The van der Waals surface area contributed by atoms with Gasteiger partial charge >= 0.3 is 17.9 Å². The second-order valence-corrected chi connectivity index (χ2v) is 17.7. The van der Waals surface area contributed by atoms with E-state index in [1.165, 1.54) is 154 Å². The highest BCUT2D eigenvalue weighted by atomic mass is 16.6. The summed E-state index contributed by atoms with van der Waals surface area (Å²) < 4.78 is 16.7. The molecule has 0 bridgehead atoms. The fraction of sp³-hybridized carbons (Fsp3) is 0.939. The maximum atomic E-state index is 12.7. The molecule has 0 aliphatic heterocycles. The molecule has 0 fully saturated rings. The number of carbonyl (C=O) groups excluding carboxylic acids is 3. The minimum Gasteiger partial charge on any atom is -0.462 e. The fourth-order valence-corrected chi connectivity index (χ4v) is 7.28. The van der Waals surface area contributed by atoms with E-state index in [4.69, 9.17) is 14.2 Å². The summed E-state index contributed by atoms with van der Waals surface area (Å²) in [4.78, 5) is 37.7. The second-order valence-electron chi connectivity index (χ2n) is 17.7. The molecule has 55 heavy (non-hydrogen) atoms. The van der Waals surface area contributed by atoms with E-state index < -0.39 is 6.10 Å². The van der Waals surface area contributed by atoms with Crippen LogP contribution in [0.3, 0.4) is 0 Å². The lowest BCUT2D eigenvalue weighted by Crippen LogP contribution is -2.30. The van der Waals surface area contributed by atoms with E-state index in [-0.39, 0.29) is 31.1 Å². The number of hydrogen-bond acceptors (Lipinski definition) is 6. The molecule has 0 spiro atoms. The minimum atomic E-state index is -0.760. The van der Waals surface area contributed by atoms with E-state index in [0.717, 1.165) is 69.6 Å². The SMILES string of the molecule is CCCCCCCCCCCC(=O)OC[C@@H](COC(=O)CCCCCCCCC(C)C)OC(=O)CCCCCCCCCCCCCCCCCCC(C)C. The summed E-state index contributed by atoms with van der Waals surface area (Å²) in [6.07, 6.45) is 41.1. The van der Waals surface area contributed by atoms with Crippen molar-refractivity contribution in [1.29, 1.82) is 0 Å². The van der Waals surface area contributed by atoms with Crippen molar-refractivity contribution >= 4 is 17.9 Å². The molecular weight excluding hydrogens is 685 g/mol. The van der Waals surface area contributed by atoms with Gasteiger partial charge in [0.25, 0.3) is 0 Å². The molecule has 0 unspecified atom stereocenters. The van der Waals surface area contributed by atoms with E-state index in [1.54, 1.807) is 0 Å². The van der Waals surface area contributed by atoms with Crippen molar-refractivity contribution < 1.29 is 28.6 Å². The Balaban J connectivity index is 4.21. The summed E-state index contributed by atoms with van der Waals surface area (Å²) in [7, 11) is 0. The molecule has 0 aliphatic carbocycles. The Bertz CT molecular complexity index is 839. The fourth-order valence-electron chi connectivity index (χ4n) is 7.28. The van der Waals surface area contributed by atoms with Crippen LogP contribution in [0.1, 0.15) is 266 Å². The topological polar surface area (TPSA) is 78.9 Å². The van der Waals surface area contributed by atoms with Crippen molar-refractivity contribution in [1.82, 2.24) is 0 Å². The van der Waals surface area contributed by atoms with Crippen LogP contribution in [-0.2, 0) is 28.6 Å². The van der Waals surface area contributed by atoms with Crippen LogP contribution in [-0.4, -0.2) is 37.2 Å². The lowest BCUT2D eigenvalue weighted by Gasteiger charge is -2.18. The Hall–Kier alpha value is -1.59. The monoisotopic (exact) mass is 779 g/mol. The van der Waals surface area contributed by atoms with Crippen molar-refractivity contribution in [3.63, 3.8) is 0 Å². The standard InChI is InChI=1S/C49H94O6/c1-6-7-8-9-10-19-23-29-34-39-47(50)53-42-46(43-54-48(51)40-35-30-26-25-28-33-38-45(4)5)55-49(52)41-36-31-24-21-18-16-14-12-11-13-15-17-20-22-27-32-37-44(2)3/h44-46H,6-43H2,1-5H3/t46-/m0/s1. The molecule has 6 nitrogen and oxygen atoms in total. The van der Waals surface area contributed by atoms with Gasteiger partial charge in [0.2, 0.25) is 0 Å². The number of hydrogen-bond donors (Lipinski definition) is 0. The molecule has 6 heteroatoms. The molecule has 0 N–H and O–H groups in total.